The Bertz CT molecular complexity index is 864. The maximum Gasteiger partial charge on any atom is 0.319 e. The van der Waals surface area contributed by atoms with Crippen LogP contribution in [-0.2, 0) is 6.54 Å². The third kappa shape index (κ3) is 4.62. The van der Waals surface area contributed by atoms with E-state index in [4.69, 9.17) is 4.74 Å². The Morgan fingerprint density at radius 1 is 1.12 bits per heavy atom. The minimum atomic E-state index is -0.652. The van der Waals surface area contributed by atoms with Crippen LogP contribution in [0.4, 0.5) is 10.5 Å². The molecule has 3 aromatic rings. The molecule has 1 heterocycles. The second kappa shape index (κ2) is 8.51. The molecule has 2 aromatic carbocycles. The molecule has 1 aromatic heterocycles. The van der Waals surface area contributed by atoms with Crippen molar-refractivity contribution in [3.8, 4) is 5.75 Å². The summed E-state index contributed by atoms with van der Waals surface area (Å²) in [6, 6.07) is 20.2. The first kappa shape index (κ1) is 18.0. The van der Waals surface area contributed by atoms with Crippen LogP contribution in [0.25, 0.3) is 0 Å². The third-order valence-electron chi connectivity index (χ3n) is 3.82. The van der Waals surface area contributed by atoms with Gasteiger partial charge in [-0.2, -0.15) is 0 Å². The molecule has 0 aliphatic rings. The number of hydrogen-bond donors (Lipinski definition) is 3. The molecule has 6 heteroatoms. The average molecular weight is 368 g/mol. The van der Waals surface area contributed by atoms with E-state index in [9.17, 15) is 9.90 Å². The van der Waals surface area contributed by atoms with Crippen molar-refractivity contribution in [2.45, 2.75) is 12.6 Å². The SMILES string of the molecule is COc1cccc(NC(=O)NCc2ccc(C(O)c3ccccc3)s2)c1. The van der Waals surface area contributed by atoms with E-state index in [1.807, 2.05) is 54.6 Å². The zero-order valence-corrected chi connectivity index (χ0v) is 15.1. The van der Waals surface area contributed by atoms with Crippen molar-refractivity contribution >= 4 is 23.1 Å². The van der Waals surface area contributed by atoms with E-state index in [0.29, 0.717) is 18.0 Å². The number of carbonyl (C=O) groups is 1. The molecular formula is C20H20N2O3S. The van der Waals surface area contributed by atoms with Gasteiger partial charge >= 0.3 is 6.03 Å². The standard InChI is InChI=1S/C20H20N2O3S/c1-25-16-9-5-8-15(12-16)22-20(24)21-13-17-10-11-18(26-17)19(23)14-6-3-2-4-7-14/h2-12,19,23H,13H2,1H3,(H2,21,22,24). The Hall–Kier alpha value is -2.83. The molecule has 1 atom stereocenters. The average Bonchev–Trinajstić information content (AvgIpc) is 3.15. The van der Waals surface area contributed by atoms with Gasteiger partial charge in [-0.15, -0.1) is 11.3 Å². The highest BCUT2D eigenvalue weighted by Gasteiger charge is 2.13. The summed E-state index contributed by atoms with van der Waals surface area (Å²) in [5.41, 5.74) is 1.51. The number of aliphatic hydroxyl groups excluding tert-OH is 1. The van der Waals surface area contributed by atoms with Crippen molar-refractivity contribution in [2.75, 3.05) is 12.4 Å². The highest BCUT2D eigenvalue weighted by atomic mass is 32.1. The van der Waals surface area contributed by atoms with Gasteiger partial charge in [0, 0.05) is 21.5 Å². The molecule has 26 heavy (non-hydrogen) atoms. The third-order valence-corrected chi connectivity index (χ3v) is 4.96. The van der Waals surface area contributed by atoms with Gasteiger partial charge in [0.2, 0.25) is 0 Å². The molecule has 0 fully saturated rings. The lowest BCUT2D eigenvalue weighted by atomic mass is 10.1. The topological polar surface area (TPSA) is 70.6 Å². The van der Waals surface area contributed by atoms with Gasteiger partial charge in [-0.25, -0.2) is 4.79 Å². The van der Waals surface area contributed by atoms with Crippen LogP contribution in [0.1, 0.15) is 21.4 Å². The number of hydrogen-bond acceptors (Lipinski definition) is 4. The molecule has 0 saturated heterocycles. The predicted octanol–water partition coefficient (Wildman–Crippen LogP) is 4.16. The van der Waals surface area contributed by atoms with Crippen molar-refractivity contribution in [3.05, 3.63) is 82.0 Å². The van der Waals surface area contributed by atoms with Crippen molar-refractivity contribution in [1.29, 1.82) is 0 Å². The lowest BCUT2D eigenvalue weighted by Crippen LogP contribution is -2.27. The molecule has 134 valence electrons. The first-order valence-corrected chi connectivity index (χ1v) is 8.98. The quantitative estimate of drug-likeness (QED) is 0.612. The fourth-order valence-electron chi connectivity index (χ4n) is 2.48. The number of benzene rings is 2. The maximum atomic E-state index is 12.0. The van der Waals surface area contributed by atoms with Crippen LogP contribution in [0.3, 0.4) is 0 Å². The lowest BCUT2D eigenvalue weighted by Gasteiger charge is -2.09. The molecule has 3 N–H and O–H groups in total. The van der Waals surface area contributed by atoms with Crippen LogP contribution >= 0.6 is 11.3 Å². The Morgan fingerprint density at radius 3 is 2.69 bits per heavy atom. The number of amides is 2. The first-order chi connectivity index (χ1) is 12.7. The summed E-state index contributed by atoms with van der Waals surface area (Å²) in [4.78, 5) is 13.9. The van der Waals surface area contributed by atoms with E-state index in [-0.39, 0.29) is 6.03 Å². The van der Waals surface area contributed by atoms with E-state index >= 15 is 0 Å². The Kier molecular flexibility index (Phi) is 5.88. The summed E-state index contributed by atoms with van der Waals surface area (Å²) in [6.07, 6.45) is -0.652. The van der Waals surface area contributed by atoms with E-state index in [0.717, 1.165) is 15.3 Å². The fourth-order valence-corrected chi connectivity index (χ4v) is 3.45. The molecular weight excluding hydrogens is 348 g/mol. The van der Waals surface area contributed by atoms with Gasteiger partial charge in [-0.3, -0.25) is 0 Å². The second-order valence-electron chi connectivity index (χ2n) is 5.66. The maximum absolute atomic E-state index is 12.0. The van der Waals surface area contributed by atoms with Crippen LogP contribution in [0, 0.1) is 0 Å². The van der Waals surface area contributed by atoms with Crippen molar-refractivity contribution in [3.63, 3.8) is 0 Å². The van der Waals surface area contributed by atoms with E-state index in [1.54, 1.807) is 19.2 Å². The number of carbonyl (C=O) groups excluding carboxylic acids is 1. The molecule has 5 nitrogen and oxygen atoms in total. The summed E-state index contributed by atoms with van der Waals surface area (Å²) >= 11 is 1.48. The molecule has 3 rings (SSSR count). The highest BCUT2D eigenvalue weighted by molar-refractivity contribution is 7.12. The van der Waals surface area contributed by atoms with Crippen LogP contribution in [-0.4, -0.2) is 18.2 Å². The van der Waals surface area contributed by atoms with Crippen LogP contribution in [0.2, 0.25) is 0 Å². The number of urea groups is 1. The summed E-state index contributed by atoms with van der Waals surface area (Å²) in [5, 5.41) is 16.0. The Morgan fingerprint density at radius 2 is 1.92 bits per heavy atom. The van der Waals surface area contributed by atoms with Gasteiger partial charge in [0.25, 0.3) is 0 Å². The van der Waals surface area contributed by atoms with Gasteiger partial charge < -0.3 is 20.5 Å². The number of anilines is 1. The Balaban J connectivity index is 1.55. The number of thiophene rings is 1. The largest absolute Gasteiger partial charge is 0.497 e. The number of ether oxygens (including phenoxy) is 1. The summed E-state index contributed by atoms with van der Waals surface area (Å²) < 4.78 is 5.13. The fraction of sp³-hybridized carbons (Fsp3) is 0.150. The van der Waals surface area contributed by atoms with E-state index < -0.39 is 6.10 Å². The van der Waals surface area contributed by atoms with Crippen LogP contribution in [0.5, 0.6) is 5.75 Å². The van der Waals surface area contributed by atoms with Gasteiger partial charge in [0.05, 0.1) is 13.7 Å². The normalized spacial score (nSPS) is 11.6. The minimum absolute atomic E-state index is 0.295. The summed E-state index contributed by atoms with van der Waals surface area (Å²) in [7, 11) is 1.58. The molecule has 0 bridgehead atoms. The number of methoxy groups -OCH3 is 1. The number of aliphatic hydroxyl groups is 1. The molecule has 2 amide bonds. The molecule has 1 unspecified atom stereocenters. The smallest absolute Gasteiger partial charge is 0.319 e. The molecule has 0 aliphatic heterocycles. The lowest BCUT2D eigenvalue weighted by molar-refractivity contribution is 0.224. The van der Waals surface area contributed by atoms with Gasteiger partial charge in [0.1, 0.15) is 11.9 Å². The van der Waals surface area contributed by atoms with E-state index in [1.165, 1.54) is 11.3 Å². The van der Waals surface area contributed by atoms with Crippen LogP contribution in [0.15, 0.2) is 66.7 Å². The molecule has 0 spiro atoms. The molecule has 0 radical (unpaired) electrons. The van der Waals surface area contributed by atoms with Gasteiger partial charge in [-0.05, 0) is 29.8 Å². The number of nitrogens with one attached hydrogen (secondary N) is 2. The van der Waals surface area contributed by atoms with Crippen molar-refractivity contribution in [2.24, 2.45) is 0 Å². The summed E-state index contributed by atoms with van der Waals surface area (Å²) in [6.45, 7) is 0.391. The van der Waals surface area contributed by atoms with E-state index in [2.05, 4.69) is 10.6 Å². The predicted molar refractivity (Wildman–Crippen MR) is 104 cm³/mol. The zero-order valence-electron chi connectivity index (χ0n) is 14.3. The summed E-state index contributed by atoms with van der Waals surface area (Å²) in [5.74, 6) is 0.681. The molecule has 0 saturated carbocycles. The monoisotopic (exact) mass is 368 g/mol. The van der Waals surface area contributed by atoms with Gasteiger partial charge in [-0.1, -0.05) is 36.4 Å². The van der Waals surface area contributed by atoms with Crippen LogP contribution < -0.4 is 15.4 Å². The Labute approximate surface area is 156 Å². The second-order valence-corrected chi connectivity index (χ2v) is 6.86. The first-order valence-electron chi connectivity index (χ1n) is 8.16. The van der Waals surface area contributed by atoms with Crippen molar-refractivity contribution < 1.29 is 14.6 Å². The highest BCUT2D eigenvalue weighted by Crippen LogP contribution is 2.28. The van der Waals surface area contributed by atoms with Gasteiger partial charge in [0.15, 0.2) is 0 Å². The number of rotatable bonds is 6. The minimum Gasteiger partial charge on any atom is -0.497 e. The zero-order chi connectivity index (χ0) is 18.4. The van der Waals surface area contributed by atoms with Crippen molar-refractivity contribution in [1.82, 2.24) is 5.32 Å². The molecule has 0 aliphatic carbocycles.